The monoisotopic (exact) mass is 424 g/mol. The molecule has 0 radical (unpaired) electrons. The first-order chi connectivity index (χ1) is 14.5. The van der Waals surface area contributed by atoms with Crippen LogP contribution < -0.4 is 10.4 Å². The summed E-state index contributed by atoms with van der Waals surface area (Å²) in [6.45, 7) is 10.2. The van der Waals surface area contributed by atoms with E-state index < -0.39 is 8.32 Å². The summed E-state index contributed by atoms with van der Waals surface area (Å²) in [6.07, 6.45) is 13.6. The predicted octanol–water partition coefficient (Wildman–Crippen LogP) is 7.48. The lowest BCUT2D eigenvalue weighted by atomic mass is 10.1. The molecule has 0 bridgehead atoms. The van der Waals surface area contributed by atoms with Gasteiger partial charge in [-0.1, -0.05) is 146 Å². The molecule has 0 N–H and O–H groups in total. The molecule has 0 atom stereocenters. The van der Waals surface area contributed by atoms with E-state index in [0.717, 1.165) is 6.61 Å². The Morgan fingerprint density at radius 2 is 1.00 bits per heavy atom. The minimum atomic E-state index is -2.34. The maximum absolute atomic E-state index is 6.98. The van der Waals surface area contributed by atoms with Crippen LogP contribution in [0, 0.1) is 0 Å². The molecule has 0 aliphatic heterocycles. The zero-order valence-electron chi connectivity index (χ0n) is 20.0. The molecule has 2 rings (SSSR count). The molecule has 30 heavy (non-hydrogen) atoms. The van der Waals surface area contributed by atoms with Gasteiger partial charge >= 0.3 is 0 Å². The van der Waals surface area contributed by atoms with Crippen molar-refractivity contribution in [2.75, 3.05) is 6.61 Å². The molecule has 0 fully saturated rings. The Bertz CT molecular complexity index is 635. The van der Waals surface area contributed by atoms with Gasteiger partial charge in [0.25, 0.3) is 8.32 Å². The maximum Gasteiger partial charge on any atom is 0.261 e. The molecule has 0 aromatic heterocycles. The summed E-state index contributed by atoms with van der Waals surface area (Å²) in [5.74, 6) is 0. The molecule has 2 heteroatoms. The van der Waals surface area contributed by atoms with E-state index in [4.69, 9.17) is 4.43 Å². The van der Waals surface area contributed by atoms with Crippen LogP contribution in [0.4, 0.5) is 0 Å². The van der Waals surface area contributed by atoms with Gasteiger partial charge in [-0.25, -0.2) is 0 Å². The molecule has 0 aliphatic rings. The molecule has 0 saturated heterocycles. The first kappa shape index (κ1) is 24.9. The van der Waals surface area contributed by atoms with Crippen LogP contribution in [0.25, 0.3) is 0 Å². The Kier molecular flexibility index (Phi) is 10.9. The highest BCUT2D eigenvalue weighted by Gasteiger charge is 2.49. The Morgan fingerprint density at radius 3 is 1.40 bits per heavy atom. The summed E-state index contributed by atoms with van der Waals surface area (Å²) in [6, 6.07) is 22.0. The molecule has 1 nitrogen and oxygen atoms in total. The molecule has 0 unspecified atom stereocenters. The van der Waals surface area contributed by atoms with E-state index in [-0.39, 0.29) is 5.04 Å². The van der Waals surface area contributed by atoms with Gasteiger partial charge in [-0.2, -0.15) is 0 Å². The van der Waals surface area contributed by atoms with Gasteiger partial charge in [-0.3, -0.25) is 0 Å². The average molecular weight is 425 g/mol. The highest BCUT2D eigenvalue weighted by molar-refractivity contribution is 6.99. The van der Waals surface area contributed by atoms with Gasteiger partial charge < -0.3 is 4.43 Å². The van der Waals surface area contributed by atoms with Gasteiger partial charge in [0.15, 0.2) is 0 Å². The highest BCUT2D eigenvalue weighted by atomic mass is 28.4. The van der Waals surface area contributed by atoms with Gasteiger partial charge in [0.05, 0.1) is 0 Å². The Hall–Kier alpha value is -1.38. The van der Waals surface area contributed by atoms with E-state index in [1.54, 1.807) is 0 Å². The quantitative estimate of drug-likeness (QED) is 0.225. The summed E-state index contributed by atoms with van der Waals surface area (Å²) < 4.78 is 6.98. The fourth-order valence-electron chi connectivity index (χ4n) is 4.58. The van der Waals surface area contributed by atoms with Crippen molar-refractivity contribution in [3.05, 3.63) is 60.7 Å². The lowest BCUT2D eigenvalue weighted by Gasteiger charge is -2.43. The molecule has 0 spiro atoms. The average Bonchev–Trinajstić information content (AvgIpc) is 2.75. The van der Waals surface area contributed by atoms with Gasteiger partial charge in [-0.05, 0) is 21.8 Å². The van der Waals surface area contributed by atoms with Gasteiger partial charge in [0.2, 0.25) is 0 Å². The molecule has 0 saturated carbocycles. The first-order valence-electron chi connectivity index (χ1n) is 12.3. The minimum absolute atomic E-state index is 0.0776. The van der Waals surface area contributed by atoms with Crippen LogP contribution in [-0.4, -0.2) is 14.9 Å². The van der Waals surface area contributed by atoms with Crippen molar-refractivity contribution in [3.63, 3.8) is 0 Å². The van der Waals surface area contributed by atoms with Crippen LogP contribution >= 0.6 is 0 Å². The predicted molar refractivity (Wildman–Crippen MR) is 135 cm³/mol. The summed E-state index contributed by atoms with van der Waals surface area (Å²) in [4.78, 5) is 0. The lowest BCUT2D eigenvalue weighted by molar-refractivity contribution is 0.286. The topological polar surface area (TPSA) is 9.23 Å². The third-order valence-electron chi connectivity index (χ3n) is 6.23. The van der Waals surface area contributed by atoms with Crippen molar-refractivity contribution in [2.24, 2.45) is 0 Å². The third-order valence-corrected chi connectivity index (χ3v) is 11.3. The fourth-order valence-corrected chi connectivity index (χ4v) is 9.18. The Labute approximate surface area is 187 Å². The van der Waals surface area contributed by atoms with E-state index in [0.29, 0.717) is 0 Å². The van der Waals surface area contributed by atoms with Gasteiger partial charge in [0.1, 0.15) is 0 Å². The first-order valence-corrected chi connectivity index (χ1v) is 14.2. The standard InChI is InChI=1S/C28H44OSi/c1-5-6-7-8-9-10-11-12-13-20-25-29-30(28(2,3)4,26-21-16-14-17-22-26)27-23-18-15-19-24-27/h14-19,21-24H,5-13,20,25H2,1-4H3. The van der Waals surface area contributed by atoms with Crippen LogP contribution in [0.15, 0.2) is 60.7 Å². The molecule has 2 aromatic rings. The van der Waals surface area contributed by atoms with E-state index in [9.17, 15) is 0 Å². The molecular formula is C28H44OSi. The Morgan fingerprint density at radius 1 is 0.600 bits per heavy atom. The van der Waals surface area contributed by atoms with Crippen molar-refractivity contribution >= 4 is 18.7 Å². The molecular weight excluding hydrogens is 380 g/mol. The maximum atomic E-state index is 6.98. The second kappa shape index (κ2) is 13.1. The van der Waals surface area contributed by atoms with Crippen molar-refractivity contribution in [1.82, 2.24) is 0 Å². The van der Waals surface area contributed by atoms with E-state index in [1.165, 1.54) is 74.6 Å². The molecule has 0 amide bonds. The normalized spacial score (nSPS) is 12.3. The third kappa shape index (κ3) is 7.09. The molecule has 2 aromatic carbocycles. The highest BCUT2D eigenvalue weighted by Crippen LogP contribution is 2.36. The summed E-state index contributed by atoms with van der Waals surface area (Å²) in [5, 5.41) is 2.85. The fraction of sp³-hybridized carbons (Fsp3) is 0.571. The van der Waals surface area contributed by atoms with E-state index in [2.05, 4.69) is 88.4 Å². The number of hydrogen-bond donors (Lipinski definition) is 0. The lowest BCUT2D eigenvalue weighted by Crippen LogP contribution is -2.66. The van der Waals surface area contributed by atoms with Crippen molar-refractivity contribution in [1.29, 1.82) is 0 Å². The minimum Gasteiger partial charge on any atom is -0.407 e. The SMILES string of the molecule is CCCCCCCCCCCCO[Si](c1ccccc1)(c1ccccc1)C(C)(C)C. The number of rotatable bonds is 14. The van der Waals surface area contributed by atoms with Crippen LogP contribution in [0.1, 0.15) is 91.9 Å². The second-order valence-corrected chi connectivity index (χ2v) is 14.0. The van der Waals surface area contributed by atoms with Crippen molar-refractivity contribution in [2.45, 2.75) is 96.9 Å². The largest absolute Gasteiger partial charge is 0.407 e. The summed E-state index contributed by atoms with van der Waals surface area (Å²) in [5.41, 5.74) is 0. The van der Waals surface area contributed by atoms with Crippen LogP contribution in [-0.2, 0) is 4.43 Å². The molecule has 0 heterocycles. The second-order valence-electron chi connectivity index (χ2n) is 9.69. The van der Waals surface area contributed by atoms with E-state index >= 15 is 0 Å². The van der Waals surface area contributed by atoms with Crippen LogP contribution in [0.3, 0.4) is 0 Å². The van der Waals surface area contributed by atoms with E-state index in [1.807, 2.05) is 0 Å². The number of hydrogen-bond acceptors (Lipinski definition) is 1. The Balaban J connectivity index is 1.94. The smallest absolute Gasteiger partial charge is 0.261 e. The van der Waals surface area contributed by atoms with Gasteiger partial charge in [-0.15, -0.1) is 0 Å². The van der Waals surface area contributed by atoms with Gasteiger partial charge in [0, 0.05) is 6.61 Å². The zero-order valence-corrected chi connectivity index (χ0v) is 21.0. The molecule has 166 valence electrons. The van der Waals surface area contributed by atoms with Crippen molar-refractivity contribution < 1.29 is 4.43 Å². The summed E-state index contributed by atoms with van der Waals surface area (Å²) >= 11 is 0. The summed E-state index contributed by atoms with van der Waals surface area (Å²) in [7, 11) is -2.34. The zero-order chi connectivity index (χ0) is 21.7. The molecule has 0 aliphatic carbocycles. The van der Waals surface area contributed by atoms with Crippen LogP contribution in [0.5, 0.6) is 0 Å². The number of benzene rings is 2. The van der Waals surface area contributed by atoms with Crippen molar-refractivity contribution in [3.8, 4) is 0 Å². The van der Waals surface area contributed by atoms with Crippen LogP contribution in [0.2, 0.25) is 5.04 Å². The number of unbranched alkanes of at least 4 members (excludes halogenated alkanes) is 9.